The maximum absolute atomic E-state index is 12.4. The van der Waals surface area contributed by atoms with Crippen LogP contribution in [0.1, 0.15) is 34.1 Å². The summed E-state index contributed by atoms with van der Waals surface area (Å²) in [5, 5.41) is 4.53. The summed E-state index contributed by atoms with van der Waals surface area (Å²) >= 11 is 6.05. The molecule has 0 radical (unpaired) electrons. The highest BCUT2D eigenvalue weighted by molar-refractivity contribution is 6.33. The molecule has 1 aromatic heterocycles. The highest BCUT2D eigenvalue weighted by Gasteiger charge is 2.17. The van der Waals surface area contributed by atoms with E-state index in [2.05, 4.69) is 5.10 Å². The van der Waals surface area contributed by atoms with Crippen LogP contribution in [0.15, 0.2) is 24.4 Å². The molecule has 3 nitrogen and oxygen atoms in total. The van der Waals surface area contributed by atoms with Crippen LogP contribution < -0.4 is 0 Å². The number of nitrogens with zero attached hydrogens (tertiary/aromatic N) is 2. The van der Waals surface area contributed by atoms with Crippen molar-refractivity contribution < 1.29 is 4.79 Å². The van der Waals surface area contributed by atoms with E-state index in [-0.39, 0.29) is 5.78 Å². The molecule has 2 aromatic rings. The Morgan fingerprint density at radius 2 is 2.11 bits per heavy atom. The molecule has 0 spiro atoms. The summed E-state index contributed by atoms with van der Waals surface area (Å²) in [4.78, 5) is 12.4. The third-order valence-corrected chi connectivity index (χ3v) is 3.49. The van der Waals surface area contributed by atoms with Crippen molar-refractivity contribution in [1.82, 2.24) is 9.78 Å². The van der Waals surface area contributed by atoms with Gasteiger partial charge >= 0.3 is 0 Å². The van der Waals surface area contributed by atoms with Crippen molar-refractivity contribution >= 4 is 17.4 Å². The number of Topliss-reactive ketones (excluding diaryl/α,β-unsaturated/α-hetero) is 1. The van der Waals surface area contributed by atoms with Gasteiger partial charge in [0.25, 0.3) is 0 Å². The van der Waals surface area contributed by atoms with Crippen LogP contribution in [0.3, 0.4) is 0 Å². The zero-order valence-corrected chi connectivity index (χ0v) is 12.2. The molecule has 19 heavy (non-hydrogen) atoms. The number of benzene rings is 1. The zero-order chi connectivity index (χ0) is 14.0. The van der Waals surface area contributed by atoms with E-state index in [0.29, 0.717) is 23.7 Å². The van der Waals surface area contributed by atoms with Crippen LogP contribution >= 0.6 is 11.6 Å². The molecule has 0 bridgehead atoms. The van der Waals surface area contributed by atoms with E-state index in [9.17, 15) is 4.79 Å². The van der Waals surface area contributed by atoms with Crippen LogP contribution in [0, 0.1) is 13.8 Å². The van der Waals surface area contributed by atoms with Gasteiger partial charge in [-0.25, -0.2) is 0 Å². The van der Waals surface area contributed by atoms with Crippen LogP contribution in [0.2, 0.25) is 5.02 Å². The van der Waals surface area contributed by atoms with Gasteiger partial charge in [-0.15, -0.1) is 0 Å². The number of hydrogen-bond acceptors (Lipinski definition) is 2. The summed E-state index contributed by atoms with van der Waals surface area (Å²) < 4.78 is 1.65. The predicted molar refractivity (Wildman–Crippen MR) is 76.9 cm³/mol. The molecule has 0 atom stereocenters. The van der Waals surface area contributed by atoms with Crippen molar-refractivity contribution in [2.24, 2.45) is 0 Å². The molecular weight excluding hydrogens is 260 g/mol. The van der Waals surface area contributed by atoms with Gasteiger partial charge in [0.1, 0.15) is 5.69 Å². The lowest BCUT2D eigenvalue weighted by Crippen LogP contribution is -2.13. The van der Waals surface area contributed by atoms with E-state index in [1.807, 2.05) is 39.0 Å². The first-order chi connectivity index (χ1) is 9.02. The maximum atomic E-state index is 12.4. The van der Waals surface area contributed by atoms with Gasteiger partial charge in [-0.05, 0) is 31.9 Å². The van der Waals surface area contributed by atoms with Crippen molar-refractivity contribution in [3.8, 4) is 0 Å². The van der Waals surface area contributed by atoms with E-state index < -0.39 is 0 Å². The van der Waals surface area contributed by atoms with Gasteiger partial charge in [0.05, 0.1) is 11.2 Å². The largest absolute Gasteiger partial charge is 0.292 e. The van der Waals surface area contributed by atoms with Gasteiger partial charge in [-0.3, -0.25) is 9.48 Å². The number of carbonyl (C=O) groups excluding carboxylic acids is 1. The van der Waals surface area contributed by atoms with Crippen LogP contribution in [-0.2, 0) is 13.0 Å². The SMILES string of the molecule is CCn1ncc(Cl)c1C(=O)Cc1cc(C)ccc1C. The standard InChI is InChI=1S/C15H17ClN2O/c1-4-18-15(13(16)9-17-18)14(19)8-12-7-10(2)5-6-11(12)3/h5-7,9H,4,8H2,1-3H3. The topological polar surface area (TPSA) is 34.9 Å². The number of aromatic nitrogens is 2. The van der Waals surface area contributed by atoms with Gasteiger partial charge in [0.2, 0.25) is 0 Å². The summed E-state index contributed by atoms with van der Waals surface area (Å²) in [6.45, 7) is 6.62. The van der Waals surface area contributed by atoms with Crippen molar-refractivity contribution in [1.29, 1.82) is 0 Å². The van der Waals surface area contributed by atoms with E-state index in [0.717, 1.165) is 16.7 Å². The van der Waals surface area contributed by atoms with Crippen molar-refractivity contribution in [2.75, 3.05) is 0 Å². The number of rotatable bonds is 4. The summed E-state index contributed by atoms with van der Waals surface area (Å²) in [6, 6.07) is 6.14. The highest BCUT2D eigenvalue weighted by atomic mass is 35.5. The molecule has 0 amide bonds. The second-order valence-corrected chi connectivity index (χ2v) is 5.09. The molecule has 2 rings (SSSR count). The lowest BCUT2D eigenvalue weighted by atomic mass is 10.00. The zero-order valence-electron chi connectivity index (χ0n) is 11.4. The quantitative estimate of drug-likeness (QED) is 0.800. The van der Waals surface area contributed by atoms with Crippen molar-refractivity contribution in [3.05, 3.63) is 51.8 Å². The molecule has 0 saturated carbocycles. The summed E-state index contributed by atoms with van der Waals surface area (Å²) in [6.07, 6.45) is 1.89. The van der Waals surface area contributed by atoms with Gasteiger partial charge in [0, 0.05) is 13.0 Å². The Balaban J connectivity index is 2.30. The molecule has 0 aliphatic rings. The van der Waals surface area contributed by atoms with Crippen LogP contribution in [-0.4, -0.2) is 15.6 Å². The Morgan fingerprint density at radius 3 is 2.79 bits per heavy atom. The molecule has 0 aliphatic heterocycles. The van der Waals surface area contributed by atoms with E-state index in [1.165, 1.54) is 6.20 Å². The fraction of sp³-hybridized carbons (Fsp3) is 0.333. The fourth-order valence-corrected chi connectivity index (χ4v) is 2.37. The van der Waals surface area contributed by atoms with Gasteiger partial charge < -0.3 is 0 Å². The Morgan fingerprint density at radius 1 is 1.37 bits per heavy atom. The lowest BCUT2D eigenvalue weighted by molar-refractivity contribution is 0.0982. The maximum Gasteiger partial charge on any atom is 0.186 e. The van der Waals surface area contributed by atoms with Crippen molar-refractivity contribution in [2.45, 2.75) is 33.7 Å². The average molecular weight is 277 g/mol. The Bertz CT molecular complexity index is 617. The fourth-order valence-electron chi connectivity index (χ4n) is 2.13. The van der Waals surface area contributed by atoms with Gasteiger partial charge in [0.15, 0.2) is 5.78 Å². The normalized spacial score (nSPS) is 10.7. The van der Waals surface area contributed by atoms with Crippen LogP contribution in [0.25, 0.3) is 0 Å². The molecule has 0 saturated heterocycles. The monoisotopic (exact) mass is 276 g/mol. The van der Waals surface area contributed by atoms with Crippen LogP contribution in [0.4, 0.5) is 0 Å². The predicted octanol–water partition coefficient (Wildman–Crippen LogP) is 3.60. The first-order valence-electron chi connectivity index (χ1n) is 6.33. The number of carbonyl (C=O) groups is 1. The third kappa shape index (κ3) is 2.87. The number of hydrogen-bond donors (Lipinski definition) is 0. The molecule has 0 N–H and O–H groups in total. The lowest BCUT2D eigenvalue weighted by Gasteiger charge is -2.08. The minimum absolute atomic E-state index is 0.0121. The molecule has 4 heteroatoms. The Hall–Kier alpha value is -1.61. The average Bonchev–Trinajstić information content (AvgIpc) is 2.75. The van der Waals surface area contributed by atoms with E-state index >= 15 is 0 Å². The second kappa shape index (κ2) is 5.57. The molecule has 1 aromatic carbocycles. The van der Waals surface area contributed by atoms with E-state index in [1.54, 1.807) is 4.68 Å². The first kappa shape index (κ1) is 13.8. The molecular formula is C15H17ClN2O. The minimum Gasteiger partial charge on any atom is -0.292 e. The van der Waals surface area contributed by atoms with E-state index in [4.69, 9.17) is 11.6 Å². The number of aryl methyl sites for hydroxylation is 3. The van der Waals surface area contributed by atoms with Crippen molar-refractivity contribution in [3.63, 3.8) is 0 Å². The highest BCUT2D eigenvalue weighted by Crippen LogP contribution is 2.19. The molecule has 0 aliphatic carbocycles. The molecule has 0 fully saturated rings. The summed E-state index contributed by atoms with van der Waals surface area (Å²) in [5.41, 5.74) is 3.83. The van der Waals surface area contributed by atoms with Gasteiger partial charge in [-0.2, -0.15) is 5.10 Å². The Labute approximate surface area is 118 Å². The third-order valence-electron chi connectivity index (χ3n) is 3.21. The summed E-state index contributed by atoms with van der Waals surface area (Å²) in [5.74, 6) is 0.0121. The number of halogens is 1. The molecule has 1 heterocycles. The first-order valence-corrected chi connectivity index (χ1v) is 6.71. The Kier molecular flexibility index (Phi) is 4.05. The minimum atomic E-state index is 0.0121. The van der Waals surface area contributed by atoms with Gasteiger partial charge in [-0.1, -0.05) is 35.4 Å². The molecule has 100 valence electrons. The molecule has 0 unspecified atom stereocenters. The van der Waals surface area contributed by atoms with Crippen LogP contribution in [0.5, 0.6) is 0 Å². The summed E-state index contributed by atoms with van der Waals surface area (Å²) in [7, 11) is 0. The second-order valence-electron chi connectivity index (χ2n) is 4.69. The smallest absolute Gasteiger partial charge is 0.186 e. The number of ketones is 1.